The monoisotopic (exact) mass is 368 g/mol. The highest BCUT2D eigenvalue weighted by molar-refractivity contribution is 5.93. The predicted molar refractivity (Wildman–Crippen MR) is 97.2 cm³/mol. The molecule has 1 aromatic carbocycles. The molecule has 140 valence electrons. The number of benzene rings is 1. The van der Waals surface area contributed by atoms with Crippen LogP contribution in [0.5, 0.6) is 5.75 Å². The summed E-state index contributed by atoms with van der Waals surface area (Å²) in [5.74, 6) is 1.08. The van der Waals surface area contributed by atoms with Crippen LogP contribution in [0, 0.1) is 0 Å². The fourth-order valence-electron chi connectivity index (χ4n) is 2.53. The molecule has 0 aliphatic heterocycles. The van der Waals surface area contributed by atoms with Crippen LogP contribution >= 0.6 is 0 Å². The van der Waals surface area contributed by atoms with Crippen LogP contribution in [0.4, 0.5) is 0 Å². The van der Waals surface area contributed by atoms with Crippen molar-refractivity contribution in [3.8, 4) is 5.75 Å². The van der Waals surface area contributed by atoms with Crippen molar-refractivity contribution in [3.05, 3.63) is 70.4 Å². The third kappa shape index (κ3) is 4.38. The number of hydrogen-bond acceptors (Lipinski definition) is 6. The van der Waals surface area contributed by atoms with Crippen LogP contribution in [-0.4, -0.2) is 30.6 Å². The summed E-state index contributed by atoms with van der Waals surface area (Å²) in [6.07, 6.45) is 2.67. The molecule has 1 amide bonds. The van der Waals surface area contributed by atoms with Crippen LogP contribution in [0.15, 0.2) is 47.7 Å². The number of H-pyrrole nitrogens is 1. The maximum absolute atomic E-state index is 12.4. The second-order valence-electron chi connectivity index (χ2n) is 5.80. The van der Waals surface area contributed by atoms with Crippen molar-refractivity contribution in [2.24, 2.45) is 0 Å². The van der Waals surface area contributed by atoms with E-state index < -0.39 is 17.5 Å². The first kappa shape index (κ1) is 18.3. The second-order valence-corrected chi connectivity index (χ2v) is 5.80. The van der Waals surface area contributed by atoms with E-state index in [1.807, 2.05) is 25.1 Å². The van der Waals surface area contributed by atoms with Gasteiger partial charge in [0.15, 0.2) is 0 Å². The Kier molecular flexibility index (Phi) is 5.60. The quantitative estimate of drug-likeness (QED) is 0.652. The first-order valence-electron chi connectivity index (χ1n) is 8.53. The highest BCUT2D eigenvalue weighted by Crippen LogP contribution is 2.10. The standard InChI is InChI=1S/C18H20N6O3/c1-3-24-16(20-11-21-24)12(2)22-17(25)14-9-19-15(23-18(14)26)10-27-13-7-5-4-6-8-13/h4-9,11-12H,3,10H2,1-2H3,(H,22,25)(H,19,23,26)/t12-/m1/s1. The van der Waals surface area contributed by atoms with Gasteiger partial charge in [0.05, 0.1) is 6.04 Å². The minimum absolute atomic E-state index is 0.0760. The Balaban J connectivity index is 1.66. The zero-order valence-corrected chi connectivity index (χ0v) is 15.0. The van der Waals surface area contributed by atoms with E-state index in [1.165, 1.54) is 12.5 Å². The first-order chi connectivity index (χ1) is 13.1. The second kappa shape index (κ2) is 8.26. The van der Waals surface area contributed by atoms with Crippen LogP contribution in [0.25, 0.3) is 0 Å². The van der Waals surface area contributed by atoms with Crippen LogP contribution in [-0.2, 0) is 13.2 Å². The van der Waals surface area contributed by atoms with Gasteiger partial charge in [-0.15, -0.1) is 0 Å². The van der Waals surface area contributed by atoms with Gasteiger partial charge in [-0.3, -0.25) is 9.59 Å². The predicted octanol–water partition coefficient (Wildman–Crippen LogP) is 1.45. The fourth-order valence-corrected chi connectivity index (χ4v) is 2.53. The SMILES string of the molecule is CCn1ncnc1[C@@H](C)NC(=O)c1cnc(COc2ccccc2)[nH]c1=O. The van der Waals surface area contributed by atoms with Crippen molar-refractivity contribution in [2.45, 2.75) is 33.0 Å². The van der Waals surface area contributed by atoms with Crippen LogP contribution in [0.2, 0.25) is 0 Å². The van der Waals surface area contributed by atoms with E-state index in [1.54, 1.807) is 23.7 Å². The number of hydrogen-bond donors (Lipinski definition) is 2. The van der Waals surface area contributed by atoms with E-state index >= 15 is 0 Å². The lowest BCUT2D eigenvalue weighted by molar-refractivity contribution is 0.0935. The van der Waals surface area contributed by atoms with Crippen molar-refractivity contribution in [1.29, 1.82) is 0 Å². The van der Waals surface area contributed by atoms with Crippen LogP contribution in [0.3, 0.4) is 0 Å². The Hall–Kier alpha value is -3.49. The lowest BCUT2D eigenvalue weighted by Crippen LogP contribution is -2.33. The number of para-hydroxylation sites is 1. The molecule has 2 heterocycles. The Morgan fingerprint density at radius 1 is 1.30 bits per heavy atom. The Bertz CT molecular complexity index is 966. The summed E-state index contributed by atoms with van der Waals surface area (Å²) < 4.78 is 7.21. The maximum Gasteiger partial charge on any atom is 0.263 e. The zero-order chi connectivity index (χ0) is 19.2. The van der Waals surface area contributed by atoms with E-state index in [4.69, 9.17) is 4.74 Å². The Morgan fingerprint density at radius 3 is 2.78 bits per heavy atom. The summed E-state index contributed by atoms with van der Waals surface area (Å²) in [7, 11) is 0. The number of aromatic nitrogens is 5. The molecule has 1 atom stereocenters. The molecule has 0 spiro atoms. The number of ether oxygens (including phenoxy) is 1. The summed E-state index contributed by atoms with van der Waals surface area (Å²) in [5.41, 5.74) is -0.605. The van der Waals surface area contributed by atoms with E-state index in [-0.39, 0.29) is 12.2 Å². The van der Waals surface area contributed by atoms with Gasteiger partial charge in [0, 0.05) is 12.7 Å². The molecule has 0 bridgehead atoms. The molecule has 0 fully saturated rings. The molecule has 0 aliphatic rings. The third-order valence-corrected chi connectivity index (χ3v) is 3.90. The smallest absolute Gasteiger partial charge is 0.263 e. The van der Waals surface area contributed by atoms with E-state index in [0.29, 0.717) is 23.9 Å². The number of carbonyl (C=O) groups is 1. The summed E-state index contributed by atoms with van der Waals surface area (Å²) in [6, 6.07) is 8.77. The van der Waals surface area contributed by atoms with E-state index in [9.17, 15) is 9.59 Å². The number of nitrogens with zero attached hydrogens (tertiary/aromatic N) is 4. The normalized spacial score (nSPS) is 11.8. The average molecular weight is 368 g/mol. The van der Waals surface area contributed by atoms with E-state index in [0.717, 1.165) is 0 Å². The van der Waals surface area contributed by atoms with Crippen molar-refractivity contribution >= 4 is 5.91 Å². The molecule has 0 unspecified atom stereocenters. The zero-order valence-electron chi connectivity index (χ0n) is 15.0. The number of nitrogens with one attached hydrogen (secondary N) is 2. The average Bonchev–Trinajstić information content (AvgIpc) is 3.16. The fraction of sp³-hybridized carbons (Fsp3) is 0.278. The summed E-state index contributed by atoms with van der Waals surface area (Å²) in [6.45, 7) is 4.43. The van der Waals surface area contributed by atoms with Crippen LogP contribution < -0.4 is 15.6 Å². The van der Waals surface area contributed by atoms with Gasteiger partial charge in [0.1, 0.15) is 35.9 Å². The van der Waals surface area contributed by atoms with Gasteiger partial charge in [-0.2, -0.15) is 5.10 Å². The Labute approximate surface area is 155 Å². The molecule has 9 heteroatoms. The topological polar surface area (TPSA) is 115 Å². The molecular formula is C18H20N6O3. The number of carbonyl (C=O) groups excluding carboxylic acids is 1. The lowest BCUT2D eigenvalue weighted by atomic mass is 10.2. The Morgan fingerprint density at radius 2 is 2.07 bits per heavy atom. The van der Waals surface area contributed by atoms with Gasteiger partial charge in [-0.05, 0) is 26.0 Å². The van der Waals surface area contributed by atoms with E-state index in [2.05, 4.69) is 25.4 Å². The summed E-state index contributed by atoms with van der Waals surface area (Å²) in [4.78, 5) is 35.5. The van der Waals surface area contributed by atoms with Gasteiger partial charge >= 0.3 is 0 Å². The first-order valence-corrected chi connectivity index (χ1v) is 8.53. The van der Waals surface area contributed by atoms with Gasteiger partial charge in [-0.1, -0.05) is 18.2 Å². The molecule has 2 N–H and O–H groups in total. The molecule has 9 nitrogen and oxygen atoms in total. The highest BCUT2D eigenvalue weighted by Gasteiger charge is 2.18. The van der Waals surface area contributed by atoms with Crippen molar-refractivity contribution in [1.82, 2.24) is 30.0 Å². The van der Waals surface area contributed by atoms with Crippen molar-refractivity contribution in [3.63, 3.8) is 0 Å². The van der Waals surface area contributed by atoms with Gasteiger partial charge in [0.25, 0.3) is 11.5 Å². The summed E-state index contributed by atoms with van der Waals surface area (Å²) in [5, 5.41) is 6.81. The van der Waals surface area contributed by atoms with Gasteiger partial charge in [-0.25, -0.2) is 14.6 Å². The number of aromatic amines is 1. The molecule has 3 rings (SSSR count). The number of rotatable bonds is 7. The molecule has 0 radical (unpaired) electrons. The molecular weight excluding hydrogens is 348 g/mol. The molecule has 2 aromatic heterocycles. The summed E-state index contributed by atoms with van der Waals surface area (Å²) >= 11 is 0. The van der Waals surface area contributed by atoms with Crippen molar-refractivity contribution in [2.75, 3.05) is 0 Å². The molecule has 0 saturated carbocycles. The molecule has 27 heavy (non-hydrogen) atoms. The highest BCUT2D eigenvalue weighted by atomic mass is 16.5. The number of aryl methyl sites for hydroxylation is 1. The van der Waals surface area contributed by atoms with Gasteiger partial charge < -0.3 is 15.0 Å². The molecule has 0 aliphatic carbocycles. The van der Waals surface area contributed by atoms with Gasteiger partial charge in [0.2, 0.25) is 0 Å². The third-order valence-electron chi connectivity index (χ3n) is 3.90. The molecule has 0 saturated heterocycles. The lowest BCUT2D eigenvalue weighted by Gasteiger charge is -2.13. The maximum atomic E-state index is 12.4. The number of amides is 1. The largest absolute Gasteiger partial charge is 0.486 e. The van der Waals surface area contributed by atoms with Crippen LogP contribution in [0.1, 0.15) is 41.9 Å². The minimum atomic E-state index is -0.530. The van der Waals surface area contributed by atoms with Crippen molar-refractivity contribution < 1.29 is 9.53 Å². The minimum Gasteiger partial charge on any atom is -0.486 e. The molecule has 3 aromatic rings.